The van der Waals surface area contributed by atoms with E-state index in [4.69, 9.17) is 11.6 Å². The zero-order valence-electron chi connectivity index (χ0n) is 10.8. The summed E-state index contributed by atoms with van der Waals surface area (Å²) in [5.74, 6) is -1.08. The predicted molar refractivity (Wildman–Crippen MR) is 80.8 cm³/mol. The van der Waals surface area contributed by atoms with Crippen molar-refractivity contribution in [2.45, 2.75) is 0 Å². The molecule has 0 bridgehead atoms. The Bertz CT molecular complexity index is 838. The number of rotatable bonds is 3. The number of fused-ring (bicyclic) bond motifs is 1. The van der Waals surface area contributed by atoms with Crippen LogP contribution in [0.2, 0.25) is 5.02 Å². The Morgan fingerprint density at radius 1 is 1.14 bits per heavy atom. The number of carboxylic acid groups (broad SMARTS) is 1. The molecular formula is C15H10ClN3O2. The van der Waals surface area contributed by atoms with Crippen LogP contribution in [0.1, 0.15) is 5.56 Å². The van der Waals surface area contributed by atoms with Crippen molar-refractivity contribution in [3.05, 3.63) is 59.1 Å². The second-order valence-corrected chi connectivity index (χ2v) is 4.81. The molecule has 0 aliphatic heterocycles. The smallest absolute Gasteiger partial charge is 0.354 e. The largest absolute Gasteiger partial charge is 0.477 e. The van der Waals surface area contributed by atoms with Crippen molar-refractivity contribution in [3.63, 3.8) is 0 Å². The van der Waals surface area contributed by atoms with Gasteiger partial charge < -0.3 is 5.11 Å². The molecule has 0 aliphatic rings. The third kappa shape index (κ3) is 2.64. The molecule has 0 atom stereocenters. The lowest BCUT2D eigenvalue weighted by Gasteiger charge is -2.03. The number of benzene rings is 2. The second-order valence-electron chi connectivity index (χ2n) is 4.38. The summed E-state index contributed by atoms with van der Waals surface area (Å²) in [6.07, 6.45) is 1.53. The maximum atomic E-state index is 11.5. The van der Waals surface area contributed by atoms with Gasteiger partial charge in [-0.15, -0.1) is 5.10 Å². The molecule has 0 radical (unpaired) electrons. The number of hydrogen-bond acceptors (Lipinski definition) is 3. The Morgan fingerprint density at radius 2 is 1.86 bits per heavy atom. The lowest BCUT2D eigenvalue weighted by molar-refractivity contribution is -0.130. The summed E-state index contributed by atoms with van der Waals surface area (Å²) in [6, 6.07) is 14.1. The Hall–Kier alpha value is -2.66. The van der Waals surface area contributed by atoms with E-state index in [0.29, 0.717) is 16.1 Å². The summed E-state index contributed by atoms with van der Waals surface area (Å²) in [4.78, 5) is 11.5. The first kappa shape index (κ1) is 13.3. The van der Waals surface area contributed by atoms with Crippen LogP contribution in [0.4, 0.5) is 0 Å². The van der Waals surface area contributed by atoms with Gasteiger partial charge in [0.15, 0.2) is 5.70 Å². The Labute approximate surface area is 125 Å². The van der Waals surface area contributed by atoms with Crippen molar-refractivity contribution in [2.24, 2.45) is 0 Å². The minimum absolute atomic E-state index is 0.0195. The molecule has 0 spiro atoms. The lowest BCUT2D eigenvalue weighted by atomic mass is 10.2. The molecule has 5 nitrogen and oxygen atoms in total. The molecule has 104 valence electrons. The Kier molecular flexibility index (Phi) is 3.41. The maximum absolute atomic E-state index is 11.5. The highest BCUT2D eigenvalue weighted by Gasteiger charge is 2.15. The summed E-state index contributed by atoms with van der Waals surface area (Å²) in [5.41, 5.74) is 2.02. The van der Waals surface area contributed by atoms with Gasteiger partial charge in [-0.05, 0) is 35.9 Å². The van der Waals surface area contributed by atoms with Gasteiger partial charge in [0.1, 0.15) is 5.52 Å². The highest BCUT2D eigenvalue weighted by Crippen LogP contribution is 2.18. The van der Waals surface area contributed by atoms with Crippen molar-refractivity contribution in [2.75, 3.05) is 0 Å². The van der Waals surface area contributed by atoms with Crippen LogP contribution in [-0.4, -0.2) is 26.1 Å². The normalized spacial score (nSPS) is 11.8. The Morgan fingerprint density at radius 3 is 2.57 bits per heavy atom. The first-order chi connectivity index (χ1) is 10.1. The number of para-hydroxylation sites is 1. The first-order valence-electron chi connectivity index (χ1n) is 6.16. The number of halogens is 1. The molecule has 0 saturated heterocycles. The standard InChI is InChI=1S/C15H10ClN3O2/c16-11-7-5-10(6-8-11)9-14(15(20)21)19-13-4-2-1-3-12(13)17-18-19/h1-9H,(H,20,21)/b14-9+. The number of nitrogens with zero attached hydrogens (tertiary/aromatic N) is 3. The van der Waals surface area contributed by atoms with Gasteiger partial charge in [-0.1, -0.05) is 41.1 Å². The molecule has 0 amide bonds. The van der Waals surface area contributed by atoms with Crippen LogP contribution in [0.5, 0.6) is 0 Å². The van der Waals surface area contributed by atoms with E-state index >= 15 is 0 Å². The van der Waals surface area contributed by atoms with Crippen molar-refractivity contribution >= 4 is 40.4 Å². The number of carbonyl (C=O) groups is 1. The molecule has 0 saturated carbocycles. The van der Waals surface area contributed by atoms with Crippen LogP contribution < -0.4 is 0 Å². The minimum Gasteiger partial charge on any atom is -0.477 e. The molecule has 0 unspecified atom stereocenters. The van der Waals surface area contributed by atoms with E-state index in [2.05, 4.69) is 10.3 Å². The fraction of sp³-hybridized carbons (Fsp3) is 0. The third-order valence-electron chi connectivity index (χ3n) is 2.97. The van der Waals surface area contributed by atoms with Gasteiger partial charge in [0.05, 0.1) is 5.52 Å². The Balaban J connectivity index is 2.14. The maximum Gasteiger partial charge on any atom is 0.354 e. The van der Waals surface area contributed by atoms with Crippen LogP contribution in [0.15, 0.2) is 48.5 Å². The van der Waals surface area contributed by atoms with Crippen LogP contribution >= 0.6 is 11.6 Å². The fourth-order valence-corrected chi connectivity index (χ4v) is 2.10. The highest BCUT2D eigenvalue weighted by atomic mass is 35.5. The summed E-state index contributed by atoms with van der Waals surface area (Å²) >= 11 is 5.82. The molecule has 6 heteroatoms. The van der Waals surface area contributed by atoms with E-state index in [1.807, 2.05) is 12.1 Å². The van der Waals surface area contributed by atoms with Crippen molar-refractivity contribution in [3.8, 4) is 0 Å². The number of aliphatic carboxylic acids is 1. The van der Waals surface area contributed by atoms with Gasteiger partial charge in [-0.3, -0.25) is 0 Å². The third-order valence-corrected chi connectivity index (χ3v) is 3.22. The average Bonchev–Trinajstić information content (AvgIpc) is 2.90. The molecule has 2 aromatic carbocycles. The van der Waals surface area contributed by atoms with E-state index in [1.54, 1.807) is 36.4 Å². The first-order valence-corrected chi connectivity index (χ1v) is 6.54. The van der Waals surface area contributed by atoms with Gasteiger partial charge in [-0.25, -0.2) is 9.48 Å². The summed E-state index contributed by atoms with van der Waals surface area (Å²) in [6.45, 7) is 0. The summed E-state index contributed by atoms with van der Waals surface area (Å²) < 4.78 is 1.31. The van der Waals surface area contributed by atoms with E-state index < -0.39 is 5.97 Å². The molecule has 1 N–H and O–H groups in total. The molecule has 1 aromatic heterocycles. The van der Waals surface area contributed by atoms with Gasteiger partial charge in [-0.2, -0.15) is 0 Å². The zero-order chi connectivity index (χ0) is 14.8. The molecule has 1 heterocycles. The molecule has 3 rings (SSSR count). The van der Waals surface area contributed by atoms with E-state index in [0.717, 1.165) is 5.56 Å². The summed E-state index contributed by atoms with van der Waals surface area (Å²) in [5, 5.41) is 17.9. The molecule has 0 fully saturated rings. The minimum atomic E-state index is -1.08. The quantitative estimate of drug-likeness (QED) is 0.754. The number of aromatic nitrogens is 3. The zero-order valence-corrected chi connectivity index (χ0v) is 11.5. The number of hydrogen-bond donors (Lipinski definition) is 1. The lowest BCUT2D eigenvalue weighted by Crippen LogP contribution is -2.09. The summed E-state index contributed by atoms with van der Waals surface area (Å²) in [7, 11) is 0. The second kappa shape index (κ2) is 5.38. The van der Waals surface area contributed by atoms with Crippen LogP contribution in [0.25, 0.3) is 22.8 Å². The molecule has 0 aliphatic carbocycles. The van der Waals surface area contributed by atoms with E-state index in [-0.39, 0.29) is 5.70 Å². The molecular weight excluding hydrogens is 290 g/mol. The van der Waals surface area contributed by atoms with Gasteiger partial charge in [0.2, 0.25) is 0 Å². The highest BCUT2D eigenvalue weighted by molar-refractivity contribution is 6.30. The fourth-order valence-electron chi connectivity index (χ4n) is 1.98. The topological polar surface area (TPSA) is 68.0 Å². The predicted octanol–water partition coefficient (Wildman–Crippen LogP) is 3.17. The number of carboxylic acids is 1. The van der Waals surface area contributed by atoms with Crippen LogP contribution in [0, 0.1) is 0 Å². The van der Waals surface area contributed by atoms with Crippen LogP contribution in [-0.2, 0) is 4.79 Å². The molecule has 21 heavy (non-hydrogen) atoms. The SMILES string of the molecule is O=C(O)/C(=C\c1ccc(Cl)cc1)n1nnc2ccccc21. The van der Waals surface area contributed by atoms with Crippen molar-refractivity contribution in [1.82, 2.24) is 15.0 Å². The van der Waals surface area contributed by atoms with E-state index in [9.17, 15) is 9.90 Å². The van der Waals surface area contributed by atoms with Crippen LogP contribution in [0.3, 0.4) is 0 Å². The van der Waals surface area contributed by atoms with Crippen molar-refractivity contribution < 1.29 is 9.90 Å². The van der Waals surface area contributed by atoms with Gasteiger partial charge in [0.25, 0.3) is 0 Å². The average molecular weight is 300 g/mol. The van der Waals surface area contributed by atoms with Gasteiger partial charge >= 0.3 is 5.97 Å². The van der Waals surface area contributed by atoms with Crippen molar-refractivity contribution in [1.29, 1.82) is 0 Å². The van der Waals surface area contributed by atoms with Gasteiger partial charge in [0, 0.05) is 5.02 Å². The van der Waals surface area contributed by atoms with E-state index in [1.165, 1.54) is 10.8 Å². The monoisotopic (exact) mass is 299 g/mol. The molecule has 3 aromatic rings.